The van der Waals surface area contributed by atoms with E-state index in [1.807, 2.05) is 18.2 Å². The largest absolute Gasteiger partial charge is 0.493 e. The lowest BCUT2D eigenvalue weighted by molar-refractivity contribution is 0.263. The van der Waals surface area contributed by atoms with Crippen LogP contribution in [-0.2, 0) is 9.47 Å². The van der Waals surface area contributed by atoms with E-state index >= 15 is 0 Å². The molecular weight excluding hydrogens is 268 g/mol. The van der Waals surface area contributed by atoms with E-state index < -0.39 is 0 Å². The minimum Gasteiger partial charge on any atom is -0.493 e. The summed E-state index contributed by atoms with van der Waals surface area (Å²) in [7, 11) is 0. The molecule has 0 N–H and O–H groups in total. The molecule has 4 heteroatoms. The highest BCUT2D eigenvalue weighted by molar-refractivity contribution is 5.89. The summed E-state index contributed by atoms with van der Waals surface area (Å²) in [5.41, 5.74) is 0. The summed E-state index contributed by atoms with van der Waals surface area (Å²) in [4.78, 5) is 0. The van der Waals surface area contributed by atoms with E-state index in [0.29, 0.717) is 19.3 Å². The van der Waals surface area contributed by atoms with Crippen molar-refractivity contribution in [2.24, 2.45) is 0 Å². The van der Waals surface area contributed by atoms with Gasteiger partial charge in [0.25, 0.3) is 0 Å². The van der Waals surface area contributed by atoms with Gasteiger partial charge in [-0.25, -0.2) is 0 Å². The lowest BCUT2D eigenvalue weighted by atomic mass is 10.1. The van der Waals surface area contributed by atoms with Crippen molar-refractivity contribution in [2.75, 3.05) is 26.4 Å². The van der Waals surface area contributed by atoms with Crippen LogP contribution in [0.3, 0.4) is 0 Å². The Balaban J connectivity index is 1.47. The summed E-state index contributed by atoms with van der Waals surface area (Å²) in [5.74, 6) is 1.80. The highest BCUT2D eigenvalue weighted by atomic mass is 16.6. The van der Waals surface area contributed by atoms with Crippen molar-refractivity contribution in [2.45, 2.75) is 18.6 Å². The van der Waals surface area contributed by atoms with Gasteiger partial charge in [-0.05, 0) is 29.7 Å². The topological polar surface area (TPSA) is 43.5 Å². The van der Waals surface area contributed by atoms with Gasteiger partial charge in [-0.15, -0.1) is 0 Å². The molecule has 0 radical (unpaired) electrons. The maximum atomic E-state index is 5.88. The van der Waals surface area contributed by atoms with Crippen molar-refractivity contribution < 1.29 is 18.9 Å². The van der Waals surface area contributed by atoms with E-state index in [4.69, 9.17) is 18.9 Å². The third-order valence-electron chi connectivity index (χ3n) is 3.75. The Kier molecular flexibility index (Phi) is 3.41. The summed E-state index contributed by atoms with van der Waals surface area (Å²) >= 11 is 0. The first-order valence-corrected chi connectivity index (χ1v) is 7.40. The Bertz CT molecular complexity index is 632. The molecule has 0 spiro atoms. The van der Waals surface area contributed by atoms with Gasteiger partial charge in [-0.1, -0.05) is 12.1 Å². The summed E-state index contributed by atoms with van der Waals surface area (Å²) in [5, 5.41) is 2.24. The number of rotatable bonds is 7. The van der Waals surface area contributed by atoms with Crippen LogP contribution in [-0.4, -0.2) is 38.6 Å². The molecule has 2 saturated heterocycles. The number of fused-ring (bicyclic) bond motifs is 1. The average molecular weight is 286 g/mol. The van der Waals surface area contributed by atoms with Crippen LogP contribution < -0.4 is 9.47 Å². The molecule has 110 valence electrons. The predicted molar refractivity (Wildman–Crippen MR) is 79.0 cm³/mol. The highest BCUT2D eigenvalue weighted by Crippen LogP contribution is 2.29. The van der Waals surface area contributed by atoms with Gasteiger partial charge in [-0.3, -0.25) is 0 Å². The van der Waals surface area contributed by atoms with Gasteiger partial charge in [0.05, 0.1) is 25.9 Å². The van der Waals surface area contributed by atoms with Crippen molar-refractivity contribution >= 4 is 10.8 Å². The molecule has 2 fully saturated rings. The third kappa shape index (κ3) is 3.28. The van der Waals surface area contributed by atoms with Gasteiger partial charge in [0.15, 0.2) is 0 Å². The van der Waals surface area contributed by atoms with Crippen molar-refractivity contribution in [1.82, 2.24) is 0 Å². The fourth-order valence-electron chi connectivity index (χ4n) is 2.34. The normalized spacial score (nSPS) is 23.0. The second-order valence-corrected chi connectivity index (χ2v) is 5.50. The monoisotopic (exact) mass is 286 g/mol. The Morgan fingerprint density at radius 2 is 1.86 bits per heavy atom. The van der Waals surface area contributed by atoms with Crippen LogP contribution in [0.1, 0.15) is 6.42 Å². The van der Waals surface area contributed by atoms with E-state index in [1.54, 1.807) is 0 Å². The number of benzene rings is 2. The molecule has 0 bridgehead atoms. The maximum Gasteiger partial charge on any atom is 0.127 e. The van der Waals surface area contributed by atoms with Crippen LogP contribution in [0.5, 0.6) is 11.5 Å². The van der Waals surface area contributed by atoms with Crippen molar-refractivity contribution in [1.29, 1.82) is 0 Å². The van der Waals surface area contributed by atoms with Gasteiger partial charge in [-0.2, -0.15) is 0 Å². The van der Waals surface area contributed by atoms with Crippen molar-refractivity contribution in [3.63, 3.8) is 0 Å². The fourth-order valence-corrected chi connectivity index (χ4v) is 2.34. The Morgan fingerprint density at radius 1 is 1.00 bits per heavy atom. The summed E-state index contributed by atoms with van der Waals surface area (Å²) in [6.07, 6.45) is 1.64. The molecule has 2 heterocycles. The Hall–Kier alpha value is -1.78. The molecular formula is C17H18O4. The average Bonchev–Trinajstić information content (AvgIpc) is 3.39. The standard InChI is InChI=1S/C17H18O4/c1-2-12-8-13(19-10-15-11-21-15)4-5-16(12)17(3-1)18-7-6-14-9-20-14/h1-5,8,14-15H,6-7,9-11H2. The Labute approximate surface area is 123 Å². The van der Waals surface area contributed by atoms with Crippen LogP contribution in [0.4, 0.5) is 0 Å². The van der Waals surface area contributed by atoms with Crippen LogP contribution in [0, 0.1) is 0 Å². The van der Waals surface area contributed by atoms with Gasteiger partial charge in [0, 0.05) is 11.8 Å². The first kappa shape index (κ1) is 12.9. The Morgan fingerprint density at radius 3 is 2.67 bits per heavy atom. The quantitative estimate of drug-likeness (QED) is 0.734. The van der Waals surface area contributed by atoms with Gasteiger partial charge in [0.1, 0.15) is 24.2 Å². The molecule has 21 heavy (non-hydrogen) atoms. The molecule has 2 aliphatic heterocycles. The lowest BCUT2D eigenvalue weighted by Gasteiger charge is -2.10. The molecule has 2 aromatic carbocycles. The van der Waals surface area contributed by atoms with Crippen molar-refractivity contribution in [3.8, 4) is 11.5 Å². The molecule has 2 aliphatic rings. The second-order valence-electron chi connectivity index (χ2n) is 5.50. The van der Waals surface area contributed by atoms with E-state index in [1.165, 1.54) is 0 Å². The molecule has 0 aliphatic carbocycles. The van der Waals surface area contributed by atoms with Gasteiger partial charge < -0.3 is 18.9 Å². The molecule has 2 unspecified atom stereocenters. The van der Waals surface area contributed by atoms with Crippen LogP contribution in [0.15, 0.2) is 36.4 Å². The van der Waals surface area contributed by atoms with Crippen molar-refractivity contribution in [3.05, 3.63) is 36.4 Å². The van der Waals surface area contributed by atoms with Crippen LogP contribution in [0.2, 0.25) is 0 Å². The van der Waals surface area contributed by atoms with Crippen LogP contribution >= 0.6 is 0 Å². The first-order valence-electron chi connectivity index (χ1n) is 7.40. The molecule has 0 amide bonds. The summed E-state index contributed by atoms with van der Waals surface area (Å²) in [6.45, 7) is 3.02. The SMILES string of the molecule is c1cc(OCCC2CO2)c2ccc(OCC3CO3)cc2c1. The molecule has 0 aromatic heterocycles. The zero-order chi connectivity index (χ0) is 14.1. The van der Waals surface area contributed by atoms with E-state index in [9.17, 15) is 0 Å². The minimum absolute atomic E-state index is 0.278. The number of hydrogen-bond acceptors (Lipinski definition) is 4. The summed E-state index contributed by atoms with van der Waals surface area (Å²) in [6, 6.07) is 12.2. The minimum atomic E-state index is 0.278. The number of hydrogen-bond donors (Lipinski definition) is 0. The van der Waals surface area contributed by atoms with Gasteiger partial charge >= 0.3 is 0 Å². The second kappa shape index (κ2) is 5.54. The van der Waals surface area contributed by atoms with E-state index in [0.717, 1.165) is 41.9 Å². The van der Waals surface area contributed by atoms with Crippen LogP contribution in [0.25, 0.3) is 10.8 Å². The lowest BCUT2D eigenvalue weighted by Crippen LogP contribution is -2.04. The zero-order valence-corrected chi connectivity index (χ0v) is 11.8. The number of epoxide rings is 2. The molecule has 4 rings (SSSR count). The third-order valence-corrected chi connectivity index (χ3v) is 3.75. The maximum absolute atomic E-state index is 5.88. The molecule has 0 saturated carbocycles. The zero-order valence-electron chi connectivity index (χ0n) is 11.8. The predicted octanol–water partition coefficient (Wildman–Crippen LogP) is 2.79. The summed E-state index contributed by atoms with van der Waals surface area (Å²) < 4.78 is 21.9. The molecule has 2 aromatic rings. The smallest absolute Gasteiger partial charge is 0.127 e. The number of ether oxygens (including phenoxy) is 4. The van der Waals surface area contributed by atoms with E-state index in [2.05, 4.69) is 18.2 Å². The molecule has 2 atom stereocenters. The molecule has 4 nitrogen and oxygen atoms in total. The highest BCUT2D eigenvalue weighted by Gasteiger charge is 2.23. The van der Waals surface area contributed by atoms with E-state index in [-0.39, 0.29) is 6.10 Å². The fraction of sp³-hybridized carbons (Fsp3) is 0.412. The first-order chi connectivity index (χ1) is 10.4. The van der Waals surface area contributed by atoms with Gasteiger partial charge in [0.2, 0.25) is 0 Å².